The van der Waals surface area contributed by atoms with Crippen molar-refractivity contribution in [2.45, 2.75) is 19.9 Å². The van der Waals surface area contributed by atoms with Crippen LogP contribution in [0.4, 0.5) is 4.39 Å². The van der Waals surface area contributed by atoms with Gasteiger partial charge in [-0.25, -0.2) is 9.18 Å². The molecule has 0 saturated carbocycles. The third-order valence-electron chi connectivity index (χ3n) is 3.22. The number of halogens is 1. The molecule has 0 spiro atoms. The lowest BCUT2D eigenvalue weighted by Gasteiger charge is -2.16. The number of carbonyl (C=O) groups excluding carboxylic acids is 1. The van der Waals surface area contributed by atoms with E-state index in [1.807, 2.05) is 6.92 Å². The van der Waals surface area contributed by atoms with Gasteiger partial charge in [-0.15, -0.1) is 0 Å². The molecule has 112 valence electrons. The van der Waals surface area contributed by atoms with Crippen LogP contribution in [0, 0.1) is 12.7 Å². The highest BCUT2D eigenvalue weighted by Crippen LogP contribution is 2.25. The molecule has 1 atom stereocenters. The first kappa shape index (κ1) is 15.3. The number of aryl methyl sites for hydroxylation is 1. The summed E-state index contributed by atoms with van der Waals surface area (Å²) in [6.45, 7) is 4.38. The average molecular weight is 291 g/mol. The number of ether oxygens (including phenoxy) is 1. The molecule has 0 saturated heterocycles. The quantitative estimate of drug-likeness (QED) is 0.859. The summed E-state index contributed by atoms with van der Waals surface area (Å²) < 4.78 is 23.6. The van der Waals surface area contributed by atoms with Gasteiger partial charge in [0, 0.05) is 0 Å². The van der Waals surface area contributed by atoms with E-state index in [4.69, 9.17) is 4.42 Å². The molecule has 1 unspecified atom stereocenters. The Morgan fingerprint density at radius 2 is 2.14 bits per heavy atom. The first-order valence-electron chi connectivity index (χ1n) is 6.74. The van der Waals surface area contributed by atoms with E-state index in [9.17, 15) is 9.18 Å². The molecule has 2 aromatic rings. The van der Waals surface area contributed by atoms with Gasteiger partial charge in [-0.05, 0) is 42.8 Å². The van der Waals surface area contributed by atoms with Gasteiger partial charge in [0.15, 0.2) is 0 Å². The van der Waals surface area contributed by atoms with Gasteiger partial charge in [0.2, 0.25) is 5.76 Å². The van der Waals surface area contributed by atoms with Gasteiger partial charge in [-0.3, -0.25) is 0 Å². The number of methoxy groups -OCH3 is 1. The minimum Gasteiger partial charge on any atom is -0.463 e. The van der Waals surface area contributed by atoms with Crippen molar-refractivity contribution in [1.82, 2.24) is 5.32 Å². The second kappa shape index (κ2) is 6.54. The molecule has 0 amide bonds. The topological polar surface area (TPSA) is 51.5 Å². The van der Waals surface area contributed by atoms with Crippen LogP contribution < -0.4 is 5.32 Å². The Balaban J connectivity index is 2.36. The normalized spacial score (nSPS) is 12.2. The van der Waals surface area contributed by atoms with E-state index in [-0.39, 0.29) is 17.6 Å². The van der Waals surface area contributed by atoms with Gasteiger partial charge >= 0.3 is 5.97 Å². The second-order valence-electron chi connectivity index (χ2n) is 4.69. The lowest BCUT2D eigenvalue weighted by Crippen LogP contribution is -2.21. The van der Waals surface area contributed by atoms with Crippen LogP contribution in [0.3, 0.4) is 0 Å². The molecule has 1 aromatic carbocycles. The molecule has 0 fully saturated rings. The lowest BCUT2D eigenvalue weighted by atomic mass is 10.0. The molecule has 0 bridgehead atoms. The molecule has 2 rings (SSSR count). The molecule has 4 nitrogen and oxygen atoms in total. The summed E-state index contributed by atoms with van der Waals surface area (Å²) in [5.41, 5.74) is 1.44. The molecule has 0 aliphatic heterocycles. The van der Waals surface area contributed by atoms with Gasteiger partial charge in [0.1, 0.15) is 11.6 Å². The number of furan rings is 1. The maximum absolute atomic E-state index is 13.4. The number of carbonyl (C=O) groups is 1. The highest BCUT2D eigenvalue weighted by Gasteiger charge is 2.20. The summed E-state index contributed by atoms with van der Waals surface area (Å²) >= 11 is 0. The van der Waals surface area contributed by atoms with Crippen LogP contribution in [0.25, 0.3) is 0 Å². The molecule has 0 aliphatic carbocycles. The summed E-state index contributed by atoms with van der Waals surface area (Å²) in [5, 5.41) is 3.26. The molecule has 5 heteroatoms. The van der Waals surface area contributed by atoms with Crippen LogP contribution in [0.1, 0.15) is 40.4 Å². The summed E-state index contributed by atoms with van der Waals surface area (Å²) in [6.07, 6.45) is 0. The third-order valence-corrected chi connectivity index (χ3v) is 3.22. The van der Waals surface area contributed by atoms with Crippen molar-refractivity contribution in [1.29, 1.82) is 0 Å². The maximum atomic E-state index is 13.4. The van der Waals surface area contributed by atoms with Crippen LogP contribution in [-0.2, 0) is 4.74 Å². The summed E-state index contributed by atoms with van der Waals surface area (Å²) in [6, 6.07) is 7.95. The number of benzene rings is 1. The van der Waals surface area contributed by atoms with E-state index < -0.39 is 5.97 Å². The second-order valence-corrected chi connectivity index (χ2v) is 4.69. The van der Waals surface area contributed by atoms with E-state index in [0.29, 0.717) is 17.9 Å². The van der Waals surface area contributed by atoms with Crippen molar-refractivity contribution < 1.29 is 18.3 Å². The van der Waals surface area contributed by atoms with Crippen LogP contribution in [-0.4, -0.2) is 19.6 Å². The van der Waals surface area contributed by atoms with Crippen molar-refractivity contribution in [2.75, 3.05) is 13.7 Å². The van der Waals surface area contributed by atoms with Crippen LogP contribution in [0.2, 0.25) is 0 Å². The SMILES string of the molecule is CCNC(c1ccc(F)c(C)c1)c1ccc(C(=O)OC)o1. The molecule has 1 aromatic heterocycles. The summed E-state index contributed by atoms with van der Waals surface area (Å²) in [4.78, 5) is 11.5. The van der Waals surface area contributed by atoms with Gasteiger partial charge in [0.25, 0.3) is 0 Å². The number of esters is 1. The van der Waals surface area contributed by atoms with E-state index in [0.717, 1.165) is 5.56 Å². The lowest BCUT2D eigenvalue weighted by molar-refractivity contribution is 0.0562. The molecular formula is C16H18FNO3. The monoisotopic (exact) mass is 291 g/mol. The summed E-state index contributed by atoms with van der Waals surface area (Å²) in [5.74, 6) is -0.0343. The fourth-order valence-electron chi connectivity index (χ4n) is 2.15. The zero-order valence-electron chi connectivity index (χ0n) is 12.3. The van der Waals surface area contributed by atoms with Crippen molar-refractivity contribution in [2.24, 2.45) is 0 Å². The minimum absolute atomic E-state index is 0.147. The van der Waals surface area contributed by atoms with Crippen molar-refractivity contribution in [3.63, 3.8) is 0 Å². The fourth-order valence-corrected chi connectivity index (χ4v) is 2.15. The molecule has 1 N–H and O–H groups in total. The number of hydrogen-bond donors (Lipinski definition) is 1. The molecule has 0 radical (unpaired) electrons. The predicted octanol–water partition coefficient (Wildman–Crippen LogP) is 3.21. The Bertz CT molecular complexity index is 636. The highest BCUT2D eigenvalue weighted by atomic mass is 19.1. The van der Waals surface area contributed by atoms with Gasteiger partial charge in [-0.2, -0.15) is 0 Å². The number of nitrogens with one attached hydrogen (secondary N) is 1. The first-order valence-corrected chi connectivity index (χ1v) is 6.74. The third kappa shape index (κ3) is 3.31. The van der Waals surface area contributed by atoms with E-state index in [1.165, 1.54) is 13.2 Å². The predicted molar refractivity (Wildman–Crippen MR) is 76.7 cm³/mol. The van der Waals surface area contributed by atoms with Crippen molar-refractivity contribution in [3.8, 4) is 0 Å². The van der Waals surface area contributed by atoms with Gasteiger partial charge in [0.05, 0.1) is 13.2 Å². The zero-order valence-corrected chi connectivity index (χ0v) is 12.3. The summed E-state index contributed by atoms with van der Waals surface area (Å²) in [7, 11) is 1.30. The Morgan fingerprint density at radius 1 is 1.38 bits per heavy atom. The van der Waals surface area contributed by atoms with Crippen LogP contribution in [0.15, 0.2) is 34.7 Å². The minimum atomic E-state index is -0.521. The maximum Gasteiger partial charge on any atom is 0.373 e. The van der Waals surface area contributed by atoms with Crippen LogP contribution >= 0.6 is 0 Å². The smallest absolute Gasteiger partial charge is 0.373 e. The molecule has 0 aliphatic rings. The first-order chi connectivity index (χ1) is 10.1. The zero-order chi connectivity index (χ0) is 15.4. The van der Waals surface area contributed by atoms with E-state index in [1.54, 1.807) is 31.2 Å². The van der Waals surface area contributed by atoms with E-state index in [2.05, 4.69) is 10.1 Å². The van der Waals surface area contributed by atoms with Crippen LogP contribution in [0.5, 0.6) is 0 Å². The molecule has 1 heterocycles. The Kier molecular flexibility index (Phi) is 4.75. The standard InChI is InChI=1S/C16H18FNO3/c1-4-18-15(11-5-6-12(17)10(2)9-11)13-7-8-14(21-13)16(19)20-3/h5-9,15,18H,4H2,1-3H3. The number of rotatable bonds is 5. The Labute approximate surface area is 122 Å². The molecule has 21 heavy (non-hydrogen) atoms. The van der Waals surface area contributed by atoms with E-state index >= 15 is 0 Å². The largest absolute Gasteiger partial charge is 0.463 e. The number of hydrogen-bond acceptors (Lipinski definition) is 4. The highest BCUT2D eigenvalue weighted by molar-refractivity contribution is 5.86. The Morgan fingerprint density at radius 3 is 2.76 bits per heavy atom. The van der Waals surface area contributed by atoms with Gasteiger partial charge < -0.3 is 14.5 Å². The fraction of sp³-hybridized carbons (Fsp3) is 0.312. The average Bonchev–Trinajstić information content (AvgIpc) is 2.96. The van der Waals surface area contributed by atoms with Crippen molar-refractivity contribution >= 4 is 5.97 Å². The molecular weight excluding hydrogens is 273 g/mol. The van der Waals surface area contributed by atoms with Crippen molar-refractivity contribution in [3.05, 3.63) is 58.8 Å². The van der Waals surface area contributed by atoms with Gasteiger partial charge in [-0.1, -0.05) is 19.1 Å². The Hall–Kier alpha value is -2.14.